The Morgan fingerprint density at radius 2 is 2.18 bits per heavy atom. The maximum absolute atomic E-state index is 5.29. The van der Waals surface area contributed by atoms with Crippen LogP contribution < -0.4 is 4.57 Å². The van der Waals surface area contributed by atoms with Gasteiger partial charge in [-0.1, -0.05) is 12.1 Å². The van der Waals surface area contributed by atoms with Crippen molar-refractivity contribution >= 4 is 11.1 Å². The fraction of sp³-hybridized carbons (Fsp3) is 0.222. The van der Waals surface area contributed by atoms with Gasteiger partial charge in [-0.3, -0.25) is 0 Å². The first kappa shape index (κ1) is 6.40. The molecule has 0 spiro atoms. The van der Waals surface area contributed by atoms with Gasteiger partial charge in [0.15, 0.2) is 0 Å². The molecule has 1 aromatic carbocycles. The largest absolute Gasteiger partial charge is 0.404 e. The number of para-hydroxylation sites is 1. The molecule has 0 radical (unpaired) electrons. The second-order valence-corrected chi connectivity index (χ2v) is 2.76. The maximum atomic E-state index is 5.29. The highest BCUT2D eigenvalue weighted by atomic mass is 16.3. The predicted octanol–water partition coefficient (Wildman–Crippen LogP) is 1.57. The van der Waals surface area contributed by atoms with Crippen molar-refractivity contribution in [3.8, 4) is 0 Å². The maximum Gasteiger partial charge on any atom is 0.335 e. The fourth-order valence-corrected chi connectivity index (χ4v) is 1.37. The van der Waals surface area contributed by atoms with Crippen LogP contribution in [-0.4, -0.2) is 0 Å². The molecule has 0 atom stereocenters. The Bertz CT molecular complexity index is 389. The van der Waals surface area contributed by atoms with Crippen molar-refractivity contribution in [3.63, 3.8) is 0 Å². The number of fused-ring (bicyclic) bond motifs is 1. The minimum Gasteiger partial charge on any atom is -0.404 e. The van der Waals surface area contributed by atoms with E-state index in [1.54, 1.807) is 6.39 Å². The third kappa shape index (κ3) is 0.827. The number of hydrogen-bond donors (Lipinski definition) is 0. The molecule has 2 nitrogen and oxygen atoms in total. The lowest BCUT2D eigenvalue weighted by Gasteiger charge is -1.87. The lowest BCUT2D eigenvalue weighted by Crippen LogP contribution is -2.25. The Kier molecular flexibility index (Phi) is 1.22. The number of rotatable bonds is 0. The minimum atomic E-state index is 0.951. The van der Waals surface area contributed by atoms with Crippen molar-refractivity contribution in [3.05, 3.63) is 30.2 Å². The van der Waals surface area contributed by atoms with Gasteiger partial charge in [0.2, 0.25) is 5.58 Å². The highest BCUT2D eigenvalue weighted by Crippen LogP contribution is 2.13. The Labute approximate surface area is 65.1 Å². The van der Waals surface area contributed by atoms with Crippen molar-refractivity contribution in [2.24, 2.45) is 7.05 Å². The summed E-state index contributed by atoms with van der Waals surface area (Å²) < 4.78 is 7.28. The zero-order valence-corrected chi connectivity index (χ0v) is 6.66. The summed E-state index contributed by atoms with van der Waals surface area (Å²) >= 11 is 0. The van der Waals surface area contributed by atoms with E-state index in [1.807, 2.05) is 23.7 Å². The first-order valence-corrected chi connectivity index (χ1v) is 3.61. The van der Waals surface area contributed by atoms with Crippen LogP contribution in [0.1, 0.15) is 5.56 Å². The first-order valence-electron chi connectivity index (χ1n) is 3.61. The molecule has 0 bridgehead atoms. The number of oxazole rings is 1. The van der Waals surface area contributed by atoms with Gasteiger partial charge in [-0.25, -0.2) is 0 Å². The number of aryl methyl sites for hydroxylation is 2. The van der Waals surface area contributed by atoms with E-state index in [0.717, 1.165) is 5.58 Å². The van der Waals surface area contributed by atoms with Crippen molar-refractivity contribution in [2.45, 2.75) is 6.92 Å². The average molecular weight is 148 g/mol. The van der Waals surface area contributed by atoms with E-state index in [2.05, 4.69) is 13.0 Å². The summed E-state index contributed by atoms with van der Waals surface area (Å²) in [5.74, 6) is 0. The van der Waals surface area contributed by atoms with E-state index in [0.29, 0.717) is 0 Å². The van der Waals surface area contributed by atoms with Gasteiger partial charge in [0.25, 0.3) is 5.52 Å². The second kappa shape index (κ2) is 2.09. The van der Waals surface area contributed by atoms with E-state index in [-0.39, 0.29) is 0 Å². The normalized spacial score (nSPS) is 10.7. The molecule has 0 aliphatic heterocycles. The van der Waals surface area contributed by atoms with Gasteiger partial charge in [-0.05, 0) is 13.0 Å². The molecule has 0 aliphatic rings. The fourth-order valence-electron chi connectivity index (χ4n) is 1.37. The quantitative estimate of drug-likeness (QED) is 0.518. The van der Waals surface area contributed by atoms with Crippen LogP contribution in [0.3, 0.4) is 0 Å². The van der Waals surface area contributed by atoms with Crippen LogP contribution in [0.25, 0.3) is 11.1 Å². The number of aromatic nitrogens is 1. The van der Waals surface area contributed by atoms with Crippen LogP contribution in [0, 0.1) is 6.92 Å². The summed E-state index contributed by atoms with van der Waals surface area (Å²) in [5.41, 5.74) is 3.37. The van der Waals surface area contributed by atoms with E-state index in [4.69, 9.17) is 4.42 Å². The topological polar surface area (TPSA) is 17.0 Å². The van der Waals surface area contributed by atoms with Crippen molar-refractivity contribution in [1.82, 2.24) is 0 Å². The average Bonchev–Trinajstić information content (AvgIpc) is 2.34. The molecular formula is C9H10NO+. The number of hydrogen-bond acceptors (Lipinski definition) is 1. The zero-order valence-electron chi connectivity index (χ0n) is 6.66. The van der Waals surface area contributed by atoms with Gasteiger partial charge in [0.1, 0.15) is 7.05 Å². The van der Waals surface area contributed by atoms with Crippen molar-refractivity contribution in [1.29, 1.82) is 0 Å². The van der Waals surface area contributed by atoms with Gasteiger partial charge in [-0.15, -0.1) is 0 Å². The van der Waals surface area contributed by atoms with Gasteiger partial charge >= 0.3 is 6.39 Å². The molecule has 0 saturated carbocycles. The van der Waals surface area contributed by atoms with Crippen LogP contribution in [0.4, 0.5) is 0 Å². The molecule has 2 aromatic rings. The number of benzene rings is 1. The Morgan fingerprint density at radius 1 is 1.36 bits per heavy atom. The molecule has 0 aliphatic carbocycles. The Morgan fingerprint density at radius 3 is 2.91 bits per heavy atom. The molecule has 2 rings (SSSR count). The first-order chi connectivity index (χ1) is 5.29. The van der Waals surface area contributed by atoms with Crippen LogP contribution >= 0.6 is 0 Å². The second-order valence-electron chi connectivity index (χ2n) is 2.76. The molecule has 2 heteroatoms. The summed E-state index contributed by atoms with van der Waals surface area (Å²) in [6.45, 7) is 2.08. The Hall–Kier alpha value is -1.31. The van der Waals surface area contributed by atoms with Crippen molar-refractivity contribution < 1.29 is 8.98 Å². The van der Waals surface area contributed by atoms with E-state index in [9.17, 15) is 0 Å². The summed E-state index contributed by atoms with van der Waals surface area (Å²) in [5, 5.41) is 0. The summed E-state index contributed by atoms with van der Waals surface area (Å²) in [6, 6.07) is 6.06. The van der Waals surface area contributed by atoms with E-state index >= 15 is 0 Å². The minimum absolute atomic E-state index is 0.951. The molecule has 0 amide bonds. The predicted molar refractivity (Wildman–Crippen MR) is 42.1 cm³/mol. The summed E-state index contributed by atoms with van der Waals surface area (Å²) in [4.78, 5) is 0. The lowest BCUT2D eigenvalue weighted by atomic mass is 10.2. The smallest absolute Gasteiger partial charge is 0.335 e. The highest BCUT2D eigenvalue weighted by Gasteiger charge is 2.10. The third-order valence-corrected chi connectivity index (χ3v) is 1.89. The van der Waals surface area contributed by atoms with Gasteiger partial charge in [0, 0.05) is 5.56 Å². The highest BCUT2D eigenvalue weighted by molar-refractivity contribution is 5.72. The molecular weight excluding hydrogens is 138 g/mol. The molecule has 11 heavy (non-hydrogen) atoms. The lowest BCUT2D eigenvalue weighted by molar-refractivity contribution is -0.650. The van der Waals surface area contributed by atoms with Crippen LogP contribution in [-0.2, 0) is 7.05 Å². The Balaban J connectivity index is 2.96. The van der Waals surface area contributed by atoms with Crippen molar-refractivity contribution in [2.75, 3.05) is 0 Å². The van der Waals surface area contributed by atoms with Gasteiger partial charge in [-0.2, -0.15) is 4.57 Å². The standard InChI is InChI=1S/C9H10NO/c1-7-4-3-5-8-9(7)10(2)6-11-8/h3-6H,1-2H3/q+1. The third-order valence-electron chi connectivity index (χ3n) is 1.89. The van der Waals surface area contributed by atoms with Crippen LogP contribution in [0.15, 0.2) is 29.0 Å². The zero-order chi connectivity index (χ0) is 7.84. The molecule has 0 unspecified atom stereocenters. The van der Waals surface area contributed by atoms with E-state index in [1.165, 1.54) is 11.1 Å². The molecule has 1 heterocycles. The van der Waals surface area contributed by atoms with Gasteiger partial charge < -0.3 is 4.42 Å². The SMILES string of the molecule is Cc1cccc2oc[n+](C)c12. The molecule has 1 aromatic heterocycles. The molecule has 56 valence electrons. The molecule has 0 fully saturated rings. The monoisotopic (exact) mass is 148 g/mol. The number of nitrogens with zero attached hydrogens (tertiary/aromatic N) is 1. The van der Waals surface area contributed by atoms with Crippen LogP contribution in [0.5, 0.6) is 0 Å². The van der Waals surface area contributed by atoms with E-state index < -0.39 is 0 Å². The van der Waals surface area contributed by atoms with Crippen LogP contribution in [0.2, 0.25) is 0 Å². The molecule has 0 N–H and O–H groups in total. The summed E-state index contributed by atoms with van der Waals surface area (Å²) in [7, 11) is 1.98. The van der Waals surface area contributed by atoms with Gasteiger partial charge in [0.05, 0.1) is 0 Å². The molecule has 0 saturated heterocycles. The summed E-state index contributed by atoms with van der Waals surface area (Å²) in [6.07, 6.45) is 1.72.